The highest BCUT2D eigenvalue weighted by Gasteiger charge is 2.46. The van der Waals surface area contributed by atoms with Crippen LogP contribution in [-0.4, -0.2) is 0 Å². The van der Waals surface area contributed by atoms with Crippen LogP contribution in [0.15, 0.2) is 0 Å². The molecule has 0 heterocycles. The summed E-state index contributed by atoms with van der Waals surface area (Å²) < 4.78 is 0. The van der Waals surface area contributed by atoms with Gasteiger partial charge in [-0.1, -0.05) is 47.0 Å². The van der Waals surface area contributed by atoms with E-state index in [-0.39, 0.29) is 0 Å². The summed E-state index contributed by atoms with van der Waals surface area (Å²) in [5.41, 5.74) is 0.676. The topological polar surface area (TPSA) is 0 Å². The van der Waals surface area contributed by atoms with E-state index in [0.717, 1.165) is 11.8 Å². The Balaban J connectivity index is 2.45. The van der Waals surface area contributed by atoms with Crippen LogP contribution in [0.4, 0.5) is 0 Å². The van der Waals surface area contributed by atoms with Crippen LogP contribution in [0, 0.1) is 17.3 Å². The van der Waals surface area contributed by atoms with Crippen molar-refractivity contribution in [1.29, 1.82) is 0 Å². The van der Waals surface area contributed by atoms with Crippen LogP contribution < -0.4 is 0 Å². The number of hydrogen-bond donors (Lipinski definition) is 0. The summed E-state index contributed by atoms with van der Waals surface area (Å²) in [6.45, 7) is 9.52. The first-order valence-electron chi connectivity index (χ1n) is 5.68. The summed E-state index contributed by atoms with van der Waals surface area (Å²) in [6, 6.07) is 0. The summed E-state index contributed by atoms with van der Waals surface area (Å²) in [6.07, 6.45) is 7.09. The Morgan fingerprint density at radius 1 is 1.25 bits per heavy atom. The smallest absolute Gasteiger partial charge is 0.0298 e. The summed E-state index contributed by atoms with van der Waals surface area (Å²) in [5, 5.41) is 0. The molecule has 0 aromatic carbocycles. The summed E-state index contributed by atoms with van der Waals surface area (Å²) in [5.74, 6) is 2.13. The van der Waals surface area contributed by atoms with Crippen LogP contribution in [0.1, 0.15) is 59.8 Å². The minimum absolute atomic E-state index is 0.676. The largest absolute Gasteiger partial charge is 0.0654 e. The Kier molecular flexibility index (Phi) is 3.20. The second-order valence-corrected chi connectivity index (χ2v) is 4.77. The van der Waals surface area contributed by atoms with Gasteiger partial charge in [0.05, 0.1) is 0 Å². The third-order valence-electron chi connectivity index (χ3n) is 3.97. The van der Waals surface area contributed by atoms with Gasteiger partial charge in [-0.25, -0.2) is 0 Å². The van der Waals surface area contributed by atoms with Crippen LogP contribution in [0.25, 0.3) is 0 Å². The Bertz CT molecular complexity index is 139. The van der Waals surface area contributed by atoms with E-state index in [1.54, 1.807) is 0 Å². The molecule has 0 spiro atoms. The van der Waals surface area contributed by atoms with Crippen LogP contribution in [0.3, 0.4) is 0 Å². The molecule has 0 aromatic heterocycles. The van der Waals surface area contributed by atoms with Crippen molar-refractivity contribution in [2.75, 3.05) is 0 Å². The molecule has 0 aliphatic heterocycles. The van der Waals surface area contributed by atoms with Gasteiger partial charge in [0.15, 0.2) is 0 Å². The van der Waals surface area contributed by atoms with Gasteiger partial charge in [0.2, 0.25) is 0 Å². The first-order valence-corrected chi connectivity index (χ1v) is 5.68. The quantitative estimate of drug-likeness (QED) is 0.575. The highest BCUT2D eigenvalue weighted by atomic mass is 14.5. The average molecular weight is 168 g/mol. The molecule has 1 fully saturated rings. The molecule has 0 aromatic rings. The Labute approximate surface area is 77.7 Å². The Hall–Kier alpha value is 0. The minimum atomic E-state index is 0.676. The predicted octanol–water partition coefficient (Wildman–Crippen LogP) is 4.25. The van der Waals surface area contributed by atoms with Gasteiger partial charge in [-0.2, -0.15) is 0 Å². The Morgan fingerprint density at radius 3 is 2.25 bits per heavy atom. The summed E-state index contributed by atoms with van der Waals surface area (Å²) >= 11 is 0. The Morgan fingerprint density at radius 2 is 1.92 bits per heavy atom. The van der Waals surface area contributed by atoms with Gasteiger partial charge in [-0.3, -0.25) is 0 Å². The average Bonchev–Trinajstić information content (AvgIpc) is 2.83. The lowest BCUT2D eigenvalue weighted by Gasteiger charge is -2.28. The maximum absolute atomic E-state index is 2.50. The van der Waals surface area contributed by atoms with Gasteiger partial charge >= 0.3 is 0 Å². The normalized spacial score (nSPS) is 33.0. The van der Waals surface area contributed by atoms with Crippen molar-refractivity contribution >= 4 is 0 Å². The molecule has 72 valence electrons. The van der Waals surface area contributed by atoms with Gasteiger partial charge in [-0.05, 0) is 30.1 Å². The van der Waals surface area contributed by atoms with Gasteiger partial charge in [-0.15, -0.1) is 0 Å². The molecular weight excluding hydrogens is 144 g/mol. The van der Waals surface area contributed by atoms with E-state index < -0.39 is 0 Å². The lowest BCUT2D eigenvalue weighted by molar-refractivity contribution is 0.221. The van der Waals surface area contributed by atoms with Gasteiger partial charge < -0.3 is 0 Å². The zero-order valence-electron chi connectivity index (χ0n) is 9.19. The molecule has 0 amide bonds. The van der Waals surface area contributed by atoms with Gasteiger partial charge in [0, 0.05) is 0 Å². The zero-order valence-corrected chi connectivity index (χ0v) is 9.19. The van der Waals surface area contributed by atoms with Crippen molar-refractivity contribution in [2.45, 2.75) is 59.8 Å². The standard InChI is InChI=1S/C12H24/c1-5-8-12(4,7-3)11-9-10(11)6-2/h10-11H,5-9H2,1-4H3. The fourth-order valence-corrected chi connectivity index (χ4v) is 2.75. The van der Waals surface area contributed by atoms with Crippen LogP contribution >= 0.6 is 0 Å². The highest BCUT2D eigenvalue weighted by molar-refractivity contribution is 4.96. The fraction of sp³-hybridized carbons (Fsp3) is 1.00. The molecule has 1 aliphatic carbocycles. The van der Waals surface area contributed by atoms with E-state index in [9.17, 15) is 0 Å². The molecule has 0 nitrogen and oxygen atoms in total. The maximum atomic E-state index is 2.50. The van der Waals surface area contributed by atoms with E-state index in [1.807, 2.05) is 0 Å². The van der Waals surface area contributed by atoms with Crippen molar-refractivity contribution in [1.82, 2.24) is 0 Å². The van der Waals surface area contributed by atoms with E-state index in [0.29, 0.717) is 5.41 Å². The molecule has 0 N–H and O–H groups in total. The number of hydrogen-bond acceptors (Lipinski definition) is 0. The summed E-state index contributed by atoms with van der Waals surface area (Å²) in [4.78, 5) is 0. The minimum Gasteiger partial charge on any atom is -0.0654 e. The van der Waals surface area contributed by atoms with Crippen molar-refractivity contribution in [3.05, 3.63) is 0 Å². The first-order chi connectivity index (χ1) is 5.68. The molecule has 3 unspecified atom stereocenters. The molecule has 0 heteroatoms. The monoisotopic (exact) mass is 168 g/mol. The molecule has 0 saturated heterocycles. The third-order valence-corrected chi connectivity index (χ3v) is 3.97. The number of rotatable bonds is 5. The lowest BCUT2D eigenvalue weighted by atomic mass is 9.77. The SMILES string of the molecule is CCCC(C)(CC)C1CC1CC. The molecular formula is C12H24. The van der Waals surface area contributed by atoms with Gasteiger partial charge in [0.1, 0.15) is 0 Å². The van der Waals surface area contributed by atoms with Crippen LogP contribution in [0.2, 0.25) is 0 Å². The third kappa shape index (κ3) is 1.84. The van der Waals surface area contributed by atoms with Crippen LogP contribution in [-0.2, 0) is 0 Å². The predicted molar refractivity (Wildman–Crippen MR) is 55.2 cm³/mol. The molecule has 1 saturated carbocycles. The van der Waals surface area contributed by atoms with E-state index in [2.05, 4.69) is 27.7 Å². The second-order valence-electron chi connectivity index (χ2n) is 4.77. The van der Waals surface area contributed by atoms with Crippen molar-refractivity contribution in [3.8, 4) is 0 Å². The molecule has 1 aliphatic rings. The van der Waals surface area contributed by atoms with Crippen molar-refractivity contribution < 1.29 is 0 Å². The molecule has 3 atom stereocenters. The molecule has 1 rings (SSSR count). The highest BCUT2D eigenvalue weighted by Crippen LogP contribution is 2.55. The van der Waals surface area contributed by atoms with Crippen molar-refractivity contribution in [2.24, 2.45) is 17.3 Å². The van der Waals surface area contributed by atoms with Crippen molar-refractivity contribution in [3.63, 3.8) is 0 Å². The molecule has 12 heavy (non-hydrogen) atoms. The fourth-order valence-electron chi connectivity index (χ4n) is 2.75. The zero-order chi connectivity index (χ0) is 9.19. The van der Waals surface area contributed by atoms with E-state index >= 15 is 0 Å². The van der Waals surface area contributed by atoms with Crippen LogP contribution in [0.5, 0.6) is 0 Å². The summed E-state index contributed by atoms with van der Waals surface area (Å²) in [7, 11) is 0. The van der Waals surface area contributed by atoms with E-state index in [4.69, 9.17) is 0 Å². The molecule has 0 radical (unpaired) electrons. The first kappa shape index (κ1) is 10.1. The maximum Gasteiger partial charge on any atom is -0.0298 e. The lowest BCUT2D eigenvalue weighted by Crippen LogP contribution is -2.18. The second kappa shape index (κ2) is 3.81. The van der Waals surface area contributed by atoms with E-state index in [1.165, 1.54) is 32.1 Å². The van der Waals surface area contributed by atoms with Gasteiger partial charge in [0.25, 0.3) is 0 Å². The molecule has 0 bridgehead atoms.